The zero-order valence-electron chi connectivity index (χ0n) is 11.5. The number of ether oxygens (including phenoxy) is 1. The topological polar surface area (TPSA) is 91.2 Å². The SMILES string of the molecule is CC1(C)CCC(Oc2nc(C(N)=O)ccc2N)CC1. The van der Waals surface area contributed by atoms with Gasteiger partial charge in [-0.25, -0.2) is 4.98 Å². The number of nitrogens with two attached hydrogens (primary N) is 2. The Morgan fingerprint density at radius 2 is 2.00 bits per heavy atom. The van der Waals surface area contributed by atoms with E-state index in [1.165, 1.54) is 6.07 Å². The Morgan fingerprint density at radius 1 is 1.37 bits per heavy atom. The Hall–Kier alpha value is -1.78. The smallest absolute Gasteiger partial charge is 0.267 e. The molecule has 0 aromatic carbocycles. The summed E-state index contributed by atoms with van der Waals surface area (Å²) in [4.78, 5) is 15.2. The number of amides is 1. The highest BCUT2D eigenvalue weighted by Gasteiger charge is 2.28. The minimum absolute atomic E-state index is 0.117. The molecular weight excluding hydrogens is 242 g/mol. The van der Waals surface area contributed by atoms with Crippen molar-refractivity contribution in [1.82, 2.24) is 4.98 Å². The normalized spacial score (nSPS) is 19.1. The molecule has 0 bridgehead atoms. The number of carbonyl (C=O) groups excluding carboxylic acids is 1. The van der Waals surface area contributed by atoms with Crippen molar-refractivity contribution >= 4 is 11.6 Å². The van der Waals surface area contributed by atoms with Crippen LogP contribution in [-0.4, -0.2) is 17.0 Å². The van der Waals surface area contributed by atoms with Gasteiger partial charge in [-0.05, 0) is 43.2 Å². The molecule has 5 heteroatoms. The van der Waals surface area contributed by atoms with Crippen LogP contribution >= 0.6 is 0 Å². The van der Waals surface area contributed by atoms with E-state index in [4.69, 9.17) is 16.2 Å². The average molecular weight is 263 g/mol. The van der Waals surface area contributed by atoms with Crippen molar-refractivity contribution in [3.63, 3.8) is 0 Å². The first kappa shape index (κ1) is 13.6. The van der Waals surface area contributed by atoms with Gasteiger partial charge in [0.2, 0.25) is 5.88 Å². The second kappa shape index (κ2) is 5.07. The van der Waals surface area contributed by atoms with Crippen LogP contribution in [0.1, 0.15) is 50.0 Å². The van der Waals surface area contributed by atoms with Crippen molar-refractivity contribution < 1.29 is 9.53 Å². The van der Waals surface area contributed by atoms with Crippen LogP contribution in [0.15, 0.2) is 12.1 Å². The first-order chi connectivity index (χ1) is 8.87. The van der Waals surface area contributed by atoms with E-state index in [0.717, 1.165) is 25.7 Å². The van der Waals surface area contributed by atoms with E-state index < -0.39 is 5.91 Å². The number of anilines is 1. The van der Waals surface area contributed by atoms with E-state index in [1.54, 1.807) is 6.07 Å². The second-order valence-corrected chi connectivity index (χ2v) is 5.94. The minimum atomic E-state index is -0.574. The highest BCUT2D eigenvalue weighted by atomic mass is 16.5. The molecule has 1 saturated carbocycles. The number of nitrogens with zero attached hydrogens (tertiary/aromatic N) is 1. The summed E-state index contributed by atoms with van der Waals surface area (Å²) >= 11 is 0. The minimum Gasteiger partial charge on any atom is -0.473 e. The van der Waals surface area contributed by atoms with Crippen molar-refractivity contribution in [2.75, 3.05) is 5.73 Å². The highest BCUT2D eigenvalue weighted by Crippen LogP contribution is 2.36. The molecule has 5 nitrogen and oxygen atoms in total. The number of rotatable bonds is 3. The van der Waals surface area contributed by atoms with E-state index in [9.17, 15) is 4.79 Å². The molecule has 1 fully saturated rings. The van der Waals surface area contributed by atoms with Gasteiger partial charge in [-0.15, -0.1) is 0 Å². The quantitative estimate of drug-likeness (QED) is 0.873. The average Bonchev–Trinajstić information content (AvgIpc) is 2.34. The van der Waals surface area contributed by atoms with Crippen molar-refractivity contribution in [3.8, 4) is 5.88 Å². The zero-order valence-corrected chi connectivity index (χ0v) is 11.5. The summed E-state index contributed by atoms with van der Waals surface area (Å²) in [5.74, 6) is -0.254. The molecule has 1 aromatic rings. The maximum atomic E-state index is 11.1. The molecule has 1 amide bonds. The summed E-state index contributed by atoms with van der Waals surface area (Å²) in [5.41, 5.74) is 12.0. The molecule has 104 valence electrons. The lowest BCUT2D eigenvalue weighted by Crippen LogP contribution is -2.29. The van der Waals surface area contributed by atoms with Gasteiger partial charge >= 0.3 is 0 Å². The fraction of sp³-hybridized carbons (Fsp3) is 0.571. The number of nitrogen functional groups attached to an aromatic ring is 1. The van der Waals surface area contributed by atoms with Crippen LogP contribution < -0.4 is 16.2 Å². The lowest BCUT2D eigenvalue weighted by atomic mass is 9.76. The Balaban J connectivity index is 2.07. The van der Waals surface area contributed by atoms with Crippen molar-refractivity contribution in [3.05, 3.63) is 17.8 Å². The Kier molecular flexibility index (Phi) is 3.64. The molecular formula is C14H21N3O2. The van der Waals surface area contributed by atoms with Gasteiger partial charge in [0.05, 0.1) is 5.69 Å². The first-order valence-corrected chi connectivity index (χ1v) is 6.60. The summed E-state index contributed by atoms with van der Waals surface area (Å²) in [6.07, 6.45) is 4.32. The number of hydrogen-bond acceptors (Lipinski definition) is 4. The van der Waals surface area contributed by atoms with Gasteiger partial charge in [-0.2, -0.15) is 0 Å². The largest absolute Gasteiger partial charge is 0.473 e. The van der Waals surface area contributed by atoms with Crippen molar-refractivity contribution in [1.29, 1.82) is 0 Å². The number of carbonyl (C=O) groups is 1. The summed E-state index contributed by atoms with van der Waals surface area (Å²) < 4.78 is 5.83. The molecule has 0 radical (unpaired) electrons. The Morgan fingerprint density at radius 3 is 2.58 bits per heavy atom. The molecule has 0 unspecified atom stereocenters. The predicted molar refractivity (Wildman–Crippen MR) is 73.8 cm³/mol. The van der Waals surface area contributed by atoms with Crippen LogP contribution in [0.5, 0.6) is 5.88 Å². The maximum absolute atomic E-state index is 11.1. The van der Waals surface area contributed by atoms with Gasteiger partial charge in [-0.1, -0.05) is 13.8 Å². The number of primary amides is 1. The first-order valence-electron chi connectivity index (χ1n) is 6.60. The van der Waals surface area contributed by atoms with Crippen molar-refractivity contribution in [2.45, 2.75) is 45.6 Å². The summed E-state index contributed by atoms with van der Waals surface area (Å²) in [7, 11) is 0. The van der Waals surface area contributed by atoms with Crippen LogP contribution in [0.3, 0.4) is 0 Å². The monoisotopic (exact) mass is 263 g/mol. The molecule has 0 saturated heterocycles. The standard InChI is InChI=1S/C14H21N3O2/c1-14(2)7-5-9(6-8-14)19-13-10(15)3-4-11(17-13)12(16)18/h3-4,9H,5-8,15H2,1-2H3,(H2,16,18). The van der Waals surface area contributed by atoms with Gasteiger partial charge in [0, 0.05) is 0 Å². The van der Waals surface area contributed by atoms with E-state index in [0.29, 0.717) is 17.0 Å². The fourth-order valence-electron chi connectivity index (χ4n) is 2.33. The molecule has 2 rings (SSSR count). The van der Waals surface area contributed by atoms with Crippen LogP contribution in [0.25, 0.3) is 0 Å². The predicted octanol–water partition coefficient (Wildman–Crippen LogP) is 2.11. The molecule has 1 heterocycles. The van der Waals surface area contributed by atoms with Crippen molar-refractivity contribution in [2.24, 2.45) is 11.1 Å². The third-order valence-corrected chi connectivity index (χ3v) is 3.71. The number of hydrogen-bond donors (Lipinski definition) is 2. The van der Waals surface area contributed by atoms with E-state index >= 15 is 0 Å². The molecule has 1 aliphatic rings. The van der Waals surface area contributed by atoms with Crippen LogP contribution in [-0.2, 0) is 0 Å². The van der Waals surface area contributed by atoms with Gasteiger partial charge in [0.25, 0.3) is 5.91 Å². The molecule has 4 N–H and O–H groups in total. The lowest BCUT2D eigenvalue weighted by molar-refractivity contribution is 0.0936. The van der Waals surface area contributed by atoms with Gasteiger partial charge in [0.15, 0.2) is 0 Å². The third-order valence-electron chi connectivity index (χ3n) is 3.71. The van der Waals surface area contributed by atoms with E-state index in [-0.39, 0.29) is 11.8 Å². The maximum Gasteiger partial charge on any atom is 0.267 e. The van der Waals surface area contributed by atoms with Gasteiger partial charge in [0.1, 0.15) is 11.8 Å². The van der Waals surface area contributed by atoms with Crippen LogP contribution in [0, 0.1) is 5.41 Å². The van der Waals surface area contributed by atoms with Gasteiger partial charge < -0.3 is 16.2 Å². The van der Waals surface area contributed by atoms with Gasteiger partial charge in [-0.3, -0.25) is 4.79 Å². The molecule has 1 aromatic heterocycles. The van der Waals surface area contributed by atoms with Crippen LogP contribution in [0.4, 0.5) is 5.69 Å². The number of aromatic nitrogens is 1. The van der Waals surface area contributed by atoms with Crippen LogP contribution in [0.2, 0.25) is 0 Å². The fourth-order valence-corrected chi connectivity index (χ4v) is 2.33. The number of pyridine rings is 1. The summed E-state index contributed by atoms with van der Waals surface area (Å²) in [6.45, 7) is 4.53. The third kappa shape index (κ3) is 3.36. The molecule has 19 heavy (non-hydrogen) atoms. The molecule has 0 atom stereocenters. The Labute approximate surface area is 113 Å². The Bertz CT molecular complexity index is 476. The molecule has 0 aliphatic heterocycles. The summed E-state index contributed by atoms with van der Waals surface area (Å²) in [5, 5.41) is 0. The van der Waals surface area contributed by atoms with E-state index in [2.05, 4.69) is 18.8 Å². The zero-order chi connectivity index (χ0) is 14.0. The second-order valence-electron chi connectivity index (χ2n) is 5.94. The van der Waals surface area contributed by atoms with E-state index in [1.807, 2.05) is 0 Å². The highest BCUT2D eigenvalue weighted by molar-refractivity contribution is 5.91. The summed E-state index contributed by atoms with van der Waals surface area (Å²) in [6, 6.07) is 3.11. The lowest BCUT2D eigenvalue weighted by Gasteiger charge is -2.34. The molecule has 0 spiro atoms. The molecule has 1 aliphatic carbocycles.